The molecular formula is C23H22N6. The highest BCUT2D eigenvalue weighted by atomic mass is 15.2. The molecule has 0 atom stereocenters. The summed E-state index contributed by atoms with van der Waals surface area (Å²) in [5, 5.41) is 9.10. The predicted octanol–water partition coefficient (Wildman–Crippen LogP) is 3.70. The fourth-order valence-electron chi connectivity index (χ4n) is 4.36. The number of nitriles is 1. The summed E-state index contributed by atoms with van der Waals surface area (Å²) in [7, 11) is 0. The second-order valence-electron chi connectivity index (χ2n) is 7.67. The Kier molecular flexibility index (Phi) is 4.36. The van der Waals surface area contributed by atoms with Gasteiger partial charge in [-0.3, -0.25) is 9.97 Å². The lowest BCUT2D eigenvalue weighted by molar-refractivity contribution is 0.697. The first-order valence-corrected chi connectivity index (χ1v) is 10.0. The van der Waals surface area contributed by atoms with Gasteiger partial charge in [0.05, 0.1) is 28.8 Å². The van der Waals surface area contributed by atoms with Gasteiger partial charge in [-0.05, 0) is 55.2 Å². The molecule has 2 aliphatic rings. The third-order valence-electron chi connectivity index (χ3n) is 5.77. The molecular weight excluding hydrogens is 360 g/mol. The molecule has 2 aliphatic heterocycles. The highest BCUT2D eigenvalue weighted by molar-refractivity contribution is 5.67. The van der Waals surface area contributed by atoms with Gasteiger partial charge in [-0.15, -0.1) is 0 Å². The maximum absolute atomic E-state index is 9.10. The lowest BCUT2D eigenvalue weighted by Gasteiger charge is -2.33. The van der Waals surface area contributed by atoms with Crippen molar-refractivity contribution in [1.82, 2.24) is 15.0 Å². The summed E-state index contributed by atoms with van der Waals surface area (Å²) in [6, 6.07) is 10.5. The van der Waals surface area contributed by atoms with Crippen molar-refractivity contribution in [1.29, 1.82) is 5.26 Å². The third-order valence-corrected chi connectivity index (χ3v) is 5.77. The number of hydrogen-bond donors (Lipinski definition) is 0. The van der Waals surface area contributed by atoms with Crippen LogP contribution < -0.4 is 9.80 Å². The van der Waals surface area contributed by atoms with Gasteiger partial charge in [-0.2, -0.15) is 5.26 Å². The Labute approximate surface area is 170 Å². The number of aryl methyl sites for hydroxylation is 2. The van der Waals surface area contributed by atoms with Crippen molar-refractivity contribution < 1.29 is 0 Å². The molecule has 0 bridgehead atoms. The Hall–Kier alpha value is -3.46. The molecule has 3 aromatic heterocycles. The molecule has 0 amide bonds. The number of aromatic nitrogens is 3. The van der Waals surface area contributed by atoms with Gasteiger partial charge in [-0.1, -0.05) is 0 Å². The third kappa shape index (κ3) is 3.19. The van der Waals surface area contributed by atoms with E-state index >= 15 is 0 Å². The molecule has 0 saturated heterocycles. The van der Waals surface area contributed by atoms with Crippen LogP contribution in [0, 0.1) is 18.3 Å². The van der Waals surface area contributed by atoms with E-state index in [1.165, 1.54) is 16.9 Å². The normalized spacial score (nSPS) is 15.4. The van der Waals surface area contributed by atoms with Crippen LogP contribution in [0.15, 0.2) is 42.9 Å². The summed E-state index contributed by atoms with van der Waals surface area (Å²) in [4.78, 5) is 18.5. The van der Waals surface area contributed by atoms with Gasteiger partial charge in [0.1, 0.15) is 11.9 Å². The lowest BCUT2D eigenvalue weighted by atomic mass is 10.0. The summed E-state index contributed by atoms with van der Waals surface area (Å²) >= 11 is 0. The van der Waals surface area contributed by atoms with E-state index in [9.17, 15) is 0 Å². The molecule has 144 valence electrons. The number of rotatable bonds is 2. The van der Waals surface area contributed by atoms with Crippen LogP contribution in [0.25, 0.3) is 0 Å². The average Bonchev–Trinajstić information content (AvgIpc) is 2.78. The molecule has 5 heterocycles. The van der Waals surface area contributed by atoms with Crippen molar-refractivity contribution >= 4 is 17.2 Å². The largest absolute Gasteiger partial charge is 0.352 e. The first kappa shape index (κ1) is 17.6. The summed E-state index contributed by atoms with van der Waals surface area (Å²) in [5.41, 5.74) is 7.53. The van der Waals surface area contributed by atoms with E-state index in [1.54, 1.807) is 6.20 Å². The van der Waals surface area contributed by atoms with Crippen LogP contribution in [0.1, 0.15) is 34.5 Å². The monoisotopic (exact) mass is 382 g/mol. The Morgan fingerprint density at radius 2 is 1.97 bits per heavy atom. The molecule has 0 aromatic carbocycles. The molecule has 6 nitrogen and oxygen atoms in total. The van der Waals surface area contributed by atoms with Crippen LogP contribution in [0.2, 0.25) is 0 Å². The van der Waals surface area contributed by atoms with Crippen LogP contribution in [0.4, 0.5) is 17.2 Å². The maximum atomic E-state index is 9.10. The summed E-state index contributed by atoms with van der Waals surface area (Å²) in [6.07, 6.45) is 8.56. The van der Waals surface area contributed by atoms with Crippen molar-refractivity contribution in [2.75, 3.05) is 22.9 Å². The van der Waals surface area contributed by atoms with Crippen LogP contribution in [-0.4, -0.2) is 28.0 Å². The molecule has 3 aromatic rings. The zero-order chi connectivity index (χ0) is 19.8. The fraction of sp³-hybridized carbons (Fsp3) is 0.304. The first-order chi connectivity index (χ1) is 14.2. The lowest BCUT2D eigenvalue weighted by Crippen LogP contribution is -2.33. The smallest absolute Gasteiger partial charge is 0.131 e. The minimum Gasteiger partial charge on any atom is -0.352 e. The van der Waals surface area contributed by atoms with Crippen molar-refractivity contribution in [2.24, 2.45) is 0 Å². The zero-order valence-corrected chi connectivity index (χ0v) is 16.5. The number of nitrogens with zero attached hydrogens (tertiary/aromatic N) is 6. The van der Waals surface area contributed by atoms with E-state index in [1.807, 2.05) is 31.5 Å². The Balaban J connectivity index is 1.46. The number of anilines is 3. The number of hydrogen-bond acceptors (Lipinski definition) is 6. The minimum atomic E-state index is 0.602. The summed E-state index contributed by atoms with van der Waals surface area (Å²) in [5.74, 6) is 0.951. The van der Waals surface area contributed by atoms with Crippen LogP contribution in [0.3, 0.4) is 0 Å². The Morgan fingerprint density at radius 3 is 2.83 bits per heavy atom. The Morgan fingerprint density at radius 1 is 1.03 bits per heavy atom. The zero-order valence-electron chi connectivity index (χ0n) is 16.5. The maximum Gasteiger partial charge on any atom is 0.131 e. The quantitative estimate of drug-likeness (QED) is 0.673. The van der Waals surface area contributed by atoms with E-state index < -0.39 is 0 Å². The van der Waals surface area contributed by atoms with Crippen molar-refractivity contribution in [2.45, 2.75) is 32.7 Å². The van der Waals surface area contributed by atoms with Crippen molar-refractivity contribution in [3.05, 3.63) is 70.9 Å². The predicted molar refractivity (Wildman–Crippen MR) is 112 cm³/mol. The second-order valence-corrected chi connectivity index (χ2v) is 7.67. The van der Waals surface area contributed by atoms with Crippen molar-refractivity contribution in [3.8, 4) is 6.07 Å². The molecule has 0 aliphatic carbocycles. The summed E-state index contributed by atoms with van der Waals surface area (Å²) in [6.45, 7) is 4.67. The number of pyridine rings is 3. The van der Waals surface area contributed by atoms with Gasteiger partial charge in [0, 0.05) is 44.1 Å². The van der Waals surface area contributed by atoms with E-state index in [2.05, 4.69) is 38.0 Å². The molecule has 0 spiro atoms. The molecule has 0 fully saturated rings. The second kappa shape index (κ2) is 7.17. The highest BCUT2D eigenvalue weighted by Crippen LogP contribution is 2.34. The Bertz CT molecular complexity index is 1120. The number of fused-ring (bicyclic) bond motifs is 2. The van der Waals surface area contributed by atoms with Crippen molar-refractivity contribution in [3.63, 3.8) is 0 Å². The SMILES string of the molecule is Cc1cc(C#N)cnc1N1CCc2ncc(N3CCCc4ncccc43)cc2C1. The molecule has 0 saturated carbocycles. The van der Waals surface area contributed by atoms with Gasteiger partial charge in [0.2, 0.25) is 0 Å². The molecule has 6 heteroatoms. The average molecular weight is 382 g/mol. The molecule has 0 unspecified atom stereocenters. The molecule has 0 N–H and O–H groups in total. The molecule has 5 rings (SSSR count). The van der Waals surface area contributed by atoms with E-state index in [4.69, 9.17) is 10.2 Å². The van der Waals surface area contributed by atoms with Gasteiger partial charge >= 0.3 is 0 Å². The van der Waals surface area contributed by atoms with E-state index in [0.717, 1.165) is 61.7 Å². The summed E-state index contributed by atoms with van der Waals surface area (Å²) < 4.78 is 0. The van der Waals surface area contributed by atoms with E-state index in [0.29, 0.717) is 5.56 Å². The topological polar surface area (TPSA) is 68.9 Å². The van der Waals surface area contributed by atoms with Crippen LogP contribution in [-0.2, 0) is 19.4 Å². The van der Waals surface area contributed by atoms with Gasteiger partial charge in [-0.25, -0.2) is 4.98 Å². The van der Waals surface area contributed by atoms with Gasteiger partial charge in [0.15, 0.2) is 0 Å². The first-order valence-electron chi connectivity index (χ1n) is 10.0. The minimum absolute atomic E-state index is 0.602. The fourth-order valence-corrected chi connectivity index (χ4v) is 4.36. The standard InChI is InChI=1S/C23H22N6/c1-16-10-17(12-24)13-27-23(16)28-9-6-20-18(15-28)11-19(14-26-20)29-8-3-4-21-22(29)5-2-7-25-21/h2,5,7,10-11,13-14H,3-4,6,8-9,15H2,1H3. The van der Waals surface area contributed by atoms with Gasteiger partial charge < -0.3 is 9.80 Å². The van der Waals surface area contributed by atoms with Crippen LogP contribution in [0.5, 0.6) is 0 Å². The highest BCUT2D eigenvalue weighted by Gasteiger charge is 2.23. The molecule has 29 heavy (non-hydrogen) atoms. The van der Waals surface area contributed by atoms with Crippen LogP contribution >= 0.6 is 0 Å². The van der Waals surface area contributed by atoms with E-state index in [-0.39, 0.29) is 0 Å². The van der Waals surface area contributed by atoms with Gasteiger partial charge in [0.25, 0.3) is 0 Å². The molecule has 0 radical (unpaired) electrons.